The molecule has 0 spiro atoms. The molecule has 1 aliphatic rings. The second kappa shape index (κ2) is 12.6. The first-order chi connectivity index (χ1) is 21.2. The van der Waals surface area contributed by atoms with Gasteiger partial charge in [-0.25, -0.2) is 13.8 Å². The highest BCUT2D eigenvalue weighted by Gasteiger charge is 2.40. The smallest absolute Gasteiger partial charge is 0.434 e. The fourth-order valence-electron chi connectivity index (χ4n) is 4.87. The Morgan fingerprint density at radius 2 is 1.73 bits per heavy atom. The Morgan fingerprint density at radius 3 is 2.30 bits per heavy atom. The number of aromatic nitrogens is 4. The van der Waals surface area contributed by atoms with Gasteiger partial charge in [-0.1, -0.05) is 4.98 Å². The van der Waals surface area contributed by atoms with E-state index < -0.39 is 24.3 Å². The number of benzene rings is 2. The molecule has 2 aromatic carbocycles. The quantitative estimate of drug-likeness (QED) is 0.0965. The molecule has 3 heterocycles. The lowest BCUT2D eigenvalue weighted by molar-refractivity contribution is -0.396. The van der Waals surface area contributed by atoms with Gasteiger partial charge in [-0.05, 0) is 29.2 Å². The lowest BCUT2D eigenvalue weighted by atomic mass is 10.0. The van der Waals surface area contributed by atoms with E-state index in [2.05, 4.69) is 10.1 Å². The van der Waals surface area contributed by atoms with Gasteiger partial charge in [-0.3, -0.25) is 9.32 Å². The number of nitro groups is 1. The molecule has 2 aromatic heterocycles. The first kappa shape index (κ1) is 30.9. The third-order valence-electron chi connectivity index (χ3n) is 7.20. The van der Waals surface area contributed by atoms with Crippen molar-refractivity contribution in [2.45, 2.75) is 6.61 Å². The predicted molar refractivity (Wildman–Crippen MR) is 156 cm³/mol. The molecule has 0 aliphatic carbocycles. The van der Waals surface area contributed by atoms with Crippen LogP contribution in [-0.2, 0) is 27.5 Å². The monoisotopic (exact) mass is 630 g/mol. The van der Waals surface area contributed by atoms with Crippen LogP contribution < -0.4 is 18.9 Å². The summed E-state index contributed by atoms with van der Waals surface area (Å²) in [6.07, 6.45) is 1.28. The summed E-state index contributed by atoms with van der Waals surface area (Å²) in [5.41, 5.74) is 0.801. The number of fused-ring (bicyclic) bond motifs is 1. The second-order valence-electron chi connectivity index (χ2n) is 9.56. The number of hydrogen-bond donors (Lipinski definition) is 0. The molecule has 17 heteroatoms. The van der Waals surface area contributed by atoms with Gasteiger partial charge < -0.3 is 33.8 Å². The number of ketones is 1. The molecule has 234 valence electrons. The number of imidazole rings is 1. The molecule has 0 radical (unpaired) electrons. The molecule has 1 unspecified atom stereocenters. The van der Waals surface area contributed by atoms with Crippen molar-refractivity contribution in [3.05, 3.63) is 63.6 Å². The van der Waals surface area contributed by atoms with E-state index in [-0.39, 0.29) is 55.7 Å². The number of rotatable bonds is 12. The van der Waals surface area contributed by atoms with Crippen LogP contribution >= 0.6 is 7.67 Å². The molecular formula is C27H31N6O10P. The SMILES string of the molecule is COc1ccc2c(C(=O)c3cc(OC)c(OC)c(OC)c3)nn(P(=O)(OCc3cnc([N+](=O)[O-])n3C)N3CCOCC3)c2c1. The molecule has 4 aromatic rings. The highest BCUT2D eigenvalue weighted by molar-refractivity contribution is 7.55. The average Bonchev–Trinajstić information content (AvgIpc) is 3.63. The van der Waals surface area contributed by atoms with Crippen LogP contribution in [0.3, 0.4) is 0 Å². The van der Waals surface area contributed by atoms with E-state index in [0.717, 1.165) is 0 Å². The standard InChI is InChI=1S/C27H31N6O10P/c1-30-18(15-28-27(30)33(35)36)16-43-44(37,31-8-10-42-11-9-31)32-21-14-19(38-2)6-7-20(21)24(29-32)25(34)17-12-22(39-3)26(41-5)23(13-17)40-4/h6-7,12-15H,8-11,16H2,1-5H3. The van der Waals surface area contributed by atoms with Crippen molar-refractivity contribution in [2.24, 2.45) is 7.05 Å². The molecular weight excluding hydrogens is 599 g/mol. The highest BCUT2D eigenvalue weighted by atomic mass is 31.2. The Kier molecular flexibility index (Phi) is 8.87. The van der Waals surface area contributed by atoms with Crippen LogP contribution in [0, 0.1) is 10.1 Å². The summed E-state index contributed by atoms with van der Waals surface area (Å²) in [4.78, 5) is 28.6. The molecule has 5 rings (SSSR count). The minimum atomic E-state index is -4.11. The van der Waals surface area contributed by atoms with Gasteiger partial charge >= 0.3 is 13.6 Å². The van der Waals surface area contributed by atoms with Crippen molar-refractivity contribution in [1.82, 2.24) is 23.8 Å². The van der Waals surface area contributed by atoms with Crippen molar-refractivity contribution < 1.29 is 42.5 Å². The van der Waals surface area contributed by atoms with E-state index in [1.165, 1.54) is 62.8 Å². The van der Waals surface area contributed by atoms with Crippen molar-refractivity contribution in [1.29, 1.82) is 0 Å². The van der Waals surface area contributed by atoms with Crippen LogP contribution in [0.5, 0.6) is 23.0 Å². The van der Waals surface area contributed by atoms with Gasteiger partial charge in [0.05, 0.1) is 54.2 Å². The lowest BCUT2D eigenvalue weighted by Crippen LogP contribution is -2.36. The van der Waals surface area contributed by atoms with E-state index >= 15 is 4.57 Å². The summed E-state index contributed by atoms with van der Waals surface area (Å²) in [7, 11) is 3.18. The fourth-order valence-corrected chi connectivity index (χ4v) is 6.99. The summed E-state index contributed by atoms with van der Waals surface area (Å²) in [5, 5.41) is 16.3. The molecule has 0 saturated carbocycles. The average molecular weight is 631 g/mol. The first-order valence-electron chi connectivity index (χ1n) is 13.3. The van der Waals surface area contributed by atoms with Gasteiger partial charge in [-0.2, -0.15) is 9.55 Å². The van der Waals surface area contributed by atoms with Gasteiger partial charge in [0, 0.05) is 30.1 Å². The van der Waals surface area contributed by atoms with Crippen LogP contribution in [0.4, 0.5) is 5.95 Å². The first-order valence-corrected chi connectivity index (χ1v) is 14.8. The highest BCUT2D eigenvalue weighted by Crippen LogP contribution is 2.55. The van der Waals surface area contributed by atoms with Crippen LogP contribution in [-0.4, -0.2) is 89.2 Å². The Labute approximate surface area is 251 Å². The number of ether oxygens (including phenoxy) is 5. The van der Waals surface area contributed by atoms with Crippen LogP contribution in [0.2, 0.25) is 0 Å². The van der Waals surface area contributed by atoms with Gasteiger partial charge in [0.25, 0.3) is 0 Å². The van der Waals surface area contributed by atoms with E-state index in [1.807, 2.05) is 0 Å². The van der Waals surface area contributed by atoms with Crippen molar-refractivity contribution in [3.63, 3.8) is 0 Å². The van der Waals surface area contributed by atoms with Crippen LogP contribution in [0.25, 0.3) is 10.9 Å². The summed E-state index contributed by atoms with van der Waals surface area (Å²) in [5.74, 6) is 0.390. The fraction of sp³-hybridized carbons (Fsp3) is 0.370. The van der Waals surface area contributed by atoms with Crippen molar-refractivity contribution in [3.8, 4) is 23.0 Å². The zero-order valence-corrected chi connectivity index (χ0v) is 25.6. The summed E-state index contributed by atoms with van der Waals surface area (Å²) in [6, 6.07) is 7.93. The maximum Gasteiger partial charge on any atom is 0.434 e. The van der Waals surface area contributed by atoms with Gasteiger partial charge in [0.15, 0.2) is 11.5 Å². The van der Waals surface area contributed by atoms with Gasteiger partial charge in [-0.15, -0.1) is 0 Å². The molecule has 0 N–H and O–H groups in total. The zero-order chi connectivity index (χ0) is 31.6. The number of carbonyl (C=O) groups excluding carboxylic acids is 1. The Bertz CT molecular complexity index is 1740. The maximum atomic E-state index is 15.0. The Morgan fingerprint density at radius 1 is 1.05 bits per heavy atom. The number of hydrogen-bond acceptors (Lipinski definition) is 12. The van der Waals surface area contributed by atoms with E-state index in [4.69, 9.17) is 28.2 Å². The normalized spacial score (nSPS) is 15.1. The number of nitrogens with zero attached hydrogens (tertiary/aromatic N) is 6. The Balaban J connectivity index is 1.66. The molecule has 1 atom stereocenters. The zero-order valence-electron chi connectivity index (χ0n) is 24.7. The largest absolute Gasteiger partial charge is 0.497 e. The lowest BCUT2D eigenvalue weighted by Gasteiger charge is -2.33. The third-order valence-corrected chi connectivity index (χ3v) is 9.56. The number of morpholine rings is 1. The van der Waals surface area contributed by atoms with E-state index in [1.54, 1.807) is 22.9 Å². The summed E-state index contributed by atoms with van der Waals surface area (Å²) < 4.78 is 52.4. The minimum absolute atomic E-state index is 0.00909. The molecule has 1 fully saturated rings. The number of carbonyl (C=O) groups is 1. The third kappa shape index (κ3) is 5.48. The van der Waals surface area contributed by atoms with Gasteiger partial charge in [0.2, 0.25) is 11.5 Å². The van der Waals surface area contributed by atoms with Crippen molar-refractivity contribution in [2.75, 3.05) is 54.7 Å². The predicted octanol–water partition coefficient (Wildman–Crippen LogP) is 3.45. The van der Waals surface area contributed by atoms with Crippen LogP contribution in [0.1, 0.15) is 21.7 Å². The van der Waals surface area contributed by atoms with E-state index in [0.29, 0.717) is 28.1 Å². The minimum Gasteiger partial charge on any atom is -0.497 e. The second-order valence-corrected chi connectivity index (χ2v) is 11.7. The van der Waals surface area contributed by atoms with Crippen molar-refractivity contribution >= 4 is 30.3 Å². The molecule has 16 nitrogen and oxygen atoms in total. The van der Waals surface area contributed by atoms with E-state index in [9.17, 15) is 14.9 Å². The molecule has 1 saturated heterocycles. The number of methoxy groups -OCH3 is 4. The molecule has 1 aliphatic heterocycles. The topological polar surface area (TPSA) is 172 Å². The summed E-state index contributed by atoms with van der Waals surface area (Å²) >= 11 is 0. The maximum absolute atomic E-state index is 15.0. The van der Waals surface area contributed by atoms with Gasteiger partial charge in [0.1, 0.15) is 29.9 Å². The van der Waals surface area contributed by atoms with Crippen LogP contribution in [0.15, 0.2) is 36.5 Å². The summed E-state index contributed by atoms with van der Waals surface area (Å²) in [6.45, 7) is 0.747. The molecule has 0 amide bonds. The molecule has 44 heavy (non-hydrogen) atoms. The Hall–Kier alpha value is -4.50. The molecule has 0 bridgehead atoms.